The highest BCUT2D eigenvalue weighted by atomic mass is 14.7. The van der Waals surface area contributed by atoms with Gasteiger partial charge in [0.2, 0.25) is 0 Å². The highest BCUT2D eigenvalue weighted by Gasteiger charge is 2.23. The molecule has 1 atom stereocenters. The predicted octanol–water partition coefficient (Wildman–Crippen LogP) is 5.82. The van der Waals surface area contributed by atoms with E-state index in [4.69, 9.17) is 0 Å². The molecular weight excluding hydrogens is 266 g/mol. The van der Waals surface area contributed by atoms with Crippen molar-refractivity contribution in [3.63, 3.8) is 0 Å². The largest absolute Gasteiger partial charge is 0.256 e. The fourth-order valence-electron chi connectivity index (χ4n) is 3.14. The van der Waals surface area contributed by atoms with Crippen molar-refractivity contribution < 1.29 is 0 Å². The Kier molecular flexibility index (Phi) is 4.06. The van der Waals surface area contributed by atoms with Gasteiger partial charge in [-0.2, -0.15) is 0 Å². The van der Waals surface area contributed by atoms with Crippen LogP contribution in [-0.2, 0) is 0 Å². The number of allylic oxidation sites excluding steroid dienone is 4. The SMILES string of the molecule is CC1=CC(C)=C(C)C1c1ccccc1C=Nc1ccccc1. The second-order valence-electron chi connectivity index (χ2n) is 5.91. The first-order valence-electron chi connectivity index (χ1n) is 7.70. The molecule has 3 rings (SSSR count). The lowest BCUT2D eigenvalue weighted by Crippen LogP contribution is -2.03. The zero-order valence-corrected chi connectivity index (χ0v) is 13.4. The first kappa shape index (κ1) is 14.5. The molecule has 1 unspecified atom stereocenters. The monoisotopic (exact) mass is 287 g/mol. The van der Waals surface area contributed by atoms with Gasteiger partial charge in [0.05, 0.1) is 5.69 Å². The molecule has 110 valence electrons. The molecule has 1 nitrogen and oxygen atoms in total. The molecule has 2 aromatic rings. The van der Waals surface area contributed by atoms with Crippen molar-refractivity contribution in [2.24, 2.45) is 4.99 Å². The van der Waals surface area contributed by atoms with Gasteiger partial charge in [0.1, 0.15) is 0 Å². The molecule has 1 aliphatic rings. The number of aliphatic imine (C=N–C) groups is 1. The van der Waals surface area contributed by atoms with Crippen LogP contribution in [0.3, 0.4) is 0 Å². The summed E-state index contributed by atoms with van der Waals surface area (Å²) >= 11 is 0. The van der Waals surface area contributed by atoms with Gasteiger partial charge in [0.25, 0.3) is 0 Å². The summed E-state index contributed by atoms with van der Waals surface area (Å²) in [6.07, 6.45) is 4.28. The van der Waals surface area contributed by atoms with E-state index in [0.717, 1.165) is 5.69 Å². The van der Waals surface area contributed by atoms with E-state index < -0.39 is 0 Å². The second kappa shape index (κ2) is 6.15. The summed E-state index contributed by atoms with van der Waals surface area (Å²) in [5, 5.41) is 0. The van der Waals surface area contributed by atoms with Crippen molar-refractivity contribution in [2.45, 2.75) is 26.7 Å². The van der Waals surface area contributed by atoms with Crippen LogP contribution in [0.4, 0.5) is 5.69 Å². The van der Waals surface area contributed by atoms with E-state index in [9.17, 15) is 0 Å². The topological polar surface area (TPSA) is 12.4 Å². The molecule has 2 aromatic carbocycles. The first-order valence-corrected chi connectivity index (χ1v) is 7.70. The lowest BCUT2D eigenvalue weighted by Gasteiger charge is -2.18. The quantitative estimate of drug-likeness (QED) is 0.631. The third kappa shape index (κ3) is 2.80. The molecule has 0 heterocycles. The maximum absolute atomic E-state index is 4.62. The Labute approximate surface area is 132 Å². The van der Waals surface area contributed by atoms with Gasteiger partial charge in [-0.15, -0.1) is 0 Å². The summed E-state index contributed by atoms with van der Waals surface area (Å²) in [6.45, 7) is 6.65. The summed E-state index contributed by atoms with van der Waals surface area (Å²) in [5.74, 6) is 0.387. The normalized spacial score (nSPS) is 18.1. The van der Waals surface area contributed by atoms with Gasteiger partial charge >= 0.3 is 0 Å². The van der Waals surface area contributed by atoms with Crippen molar-refractivity contribution in [3.8, 4) is 0 Å². The Bertz CT molecular complexity index is 764. The molecule has 0 aromatic heterocycles. The number of para-hydroxylation sites is 1. The minimum Gasteiger partial charge on any atom is -0.256 e. The van der Waals surface area contributed by atoms with E-state index >= 15 is 0 Å². The number of hydrogen-bond acceptors (Lipinski definition) is 1. The summed E-state index contributed by atoms with van der Waals surface area (Å²) in [6, 6.07) is 18.6. The minimum absolute atomic E-state index is 0.387. The molecule has 0 saturated heterocycles. The van der Waals surface area contributed by atoms with Gasteiger partial charge in [-0.05, 0) is 44.0 Å². The molecule has 0 spiro atoms. The Morgan fingerprint density at radius 2 is 1.55 bits per heavy atom. The molecule has 0 saturated carbocycles. The molecule has 0 N–H and O–H groups in total. The fraction of sp³-hybridized carbons (Fsp3) is 0.190. The van der Waals surface area contributed by atoms with Crippen molar-refractivity contribution in [3.05, 3.63) is 88.5 Å². The zero-order valence-electron chi connectivity index (χ0n) is 13.4. The molecule has 0 amide bonds. The Hall–Kier alpha value is -2.41. The van der Waals surface area contributed by atoms with Crippen LogP contribution in [0.5, 0.6) is 0 Å². The van der Waals surface area contributed by atoms with Crippen LogP contribution in [0, 0.1) is 0 Å². The third-order valence-corrected chi connectivity index (χ3v) is 4.37. The smallest absolute Gasteiger partial charge is 0.0629 e. The molecule has 0 aliphatic heterocycles. The summed E-state index contributed by atoms with van der Waals surface area (Å²) < 4.78 is 0. The number of nitrogens with zero attached hydrogens (tertiary/aromatic N) is 1. The lowest BCUT2D eigenvalue weighted by molar-refractivity contribution is 0.936. The van der Waals surface area contributed by atoms with Gasteiger partial charge in [0.15, 0.2) is 0 Å². The van der Waals surface area contributed by atoms with Crippen LogP contribution in [-0.4, -0.2) is 6.21 Å². The fourth-order valence-corrected chi connectivity index (χ4v) is 3.14. The third-order valence-electron chi connectivity index (χ3n) is 4.37. The average molecular weight is 287 g/mol. The van der Waals surface area contributed by atoms with E-state index in [-0.39, 0.29) is 0 Å². The van der Waals surface area contributed by atoms with E-state index in [1.807, 2.05) is 36.5 Å². The Morgan fingerprint density at radius 1 is 0.864 bits per heavy atom. The number of rotatable bonds is 3. The Balaban J connectivity index is 1.98. The summed E-state index contributed by atoms with van der Waals surface area (Å²) in [5.41, 5.74) is 7.76. The average Bonchev–Trinajstić information content (AvgIpc) is 2.79. The van der Waals surface area contributed by atoms with E-state index in [0.29, 0.717) is 5.92 Å². The van der Waals surface area contributed by atoms with Crippen LogP contribution in [0.1, 0.15) is 37.8 Å². The molecule has 0 fully saturated rings. The first-order chi connectivity index (χ1) is 10.7. The van der Waals surface area contributed by atoms with Gasteiger partial charge in [-0.3, -0.25) is 4.99 Å². The van der Waals surface area contributed by atoms with Crippen molar-refractivity contribution >= 4 is 11.9 Å². The molecule has 22 heavy (non-hydrogen) atoms. The van der Waals surface area contributed by atoms with Crippen molar-refractivity contribution in [2.75, 3.05) is 0 Å². The van der Waals surface area contributed by atoms with Gasteiger partial charge in [-0.1, -0.05) is 65.3 Å². The van der Waals surface area contributed by atoms with Crippen molar-refractivity contribution in [1.82, 2.24) is 0 Å². The highest BCUT2D eigenvalue weighted by molar-refractivity contribution is 5.85. The van der Waals surface area contributed by atoms with Crippen LogP contribution in [0.25, 0.3) is 0 Å². The second-order valence-corrected chi connectivity index (χ2v) is 5.91. The number of hydrogen-bond donors (Lipinski definition) is 0. The lowest BCUT2D eigenvalue weighted by atomic mass is 9.86. The maximum atomic E-state index is 4.62. The van der Waals surface area contributed by atoms with Crippen LogP contribution >= 0.6 is 0 Å². The molecule has 1 aliphatic carbocycles. The minimum atomic E-state index is 0.387. The van der Waals surface area contributed by atoms with E-state index in [1.54, 1.807) is 0 Å². The van der Waals surface area contributed by atoms with Gasteiger partial charge in [-0.25, -0.2) is 0 Å². The van der Waals surface area contributed by atoms with Crippen LogP contribution in [0.15, 0.2) is 82.4 Å². The predicted molar refractivity (Wildman–Crippen MR) is 95.0 cm³/mol. The molecule has 0 bridgehead atoms. The summed E-state index contributed by atoms with van der Waals surface area (Å²) in [4.78, 5) is 4.62. The van der Waals surface area contributed by atoms with Gasteiger partial charge in [0, 0.05) is 12.1 Å². The standard InChI is InChI=1S/C21H21N/c1-15-13-16(2)21(17(15)3)20-12-8-7-9-18(20)14-22-19-10-5-4-6-11-19/h4-14,21H,1-3H3. The van der Waals surface area contributed by atoms with Crippen molar-refractivity contribution in [1.29, 1.82) is 0 Å². The molecule has 0 radical (unpaired) electrons. The Morgan fingerprint density at radius 3 is 2.23 bits per heavy atom. The van der Waals surface area contributed by atoms with Crippen LogP contribution < -0.4 is 0 Å². The zero-order chi connectivity index (χ0) is 15.5. The molecular formula is C21H21N. The molecule has 1 heteroatoms. The maximum Gasteiger partial charge on any atom is 0.0629 e. The van der Waals surface area contributed by atoms with Crippen LogP contribution in [0.2, 0.25) is 0 Å². The van der Waals surface area contributed by atoms with E-state index in [2.05, 4.69) is 56.1 Å². The summed E-state index contributed by atoms with van der Waals surface area (Å²) in [7, 11) is 0. The highest BCUT2D eigenvalue weighted by Crippen LogP contribution is 2.40. The van der Waals surface area contributed by atoms with E-state index in [1.165, 1.54) is 27.8 Å². The van der Waals surface area contributed by atoms with Gasteiger partial charge < -0.3 is 0 Å². The number of benzene rings is 2.